The summed E-state index contributed by atoms with van der Waals surface area (Å²) in [5, 5.41) is 6.56. The number of alkyl carbamates (subject to hydrolysis) is 1. The summed E-state index contributed by atoms with van der Waals surface area (Å²) in [4.78, 5) is 25.8. The van der Waals surface area contributed by atoms with Crippen molar-refractivity contribution in [3.05, 3.63) is 60.1 Å². The van der Waals surface area contributed by atoms with Gasteiger partial charge in [-0.1, -0.05) is 76.3 Å². The van der Waals surface area contributed by atoms with Gasteiger partial charge in [0, 0.05) is 12.6 Å². The molecule has 6 nitrogen and oxygen atoms in total. The van der Waals surface area contributed by atoms with Crippen molar-refractivity contribution in [2.45, 2.75) is 83.2 Å². The fraction of sp³-hybridized carbons (Fsp3) is 0.586. The quantitative estimate of drug-likeness (QED) is 0.288. The monoisotopic (exact) mass is 514 g/mol. The molecule has 7 heteroatoms. The minimum Gasteiger partial charge on any atom is -0.468 e. The van der Waals surface area contributed by atoms with Gasteiger partial charge in [-0.2, -0.15) is 0 Å². The number of hydrogen-bond acceptors (Lipinski definition) is 6. The third-order valence-corrected chi connectivity index (χ3v) is 7.63. The van der Waals surface area contributed by atoms with E-state index < -0.39 is 6.09 Å². The van der Waals surface area contributed by atoms with Crippen LogP contribution in [0, 0.1) is 11.8 Å². The predicted octanol–water partition coefficient (Wildman–Crippen LogP) is 6.35. The number of ether oxygens (including phenoxy) is 1. The van der Waals surface area contributed by atoms with Gasteiger partial charge in [0.1, 0.15) is 12.4 Å². The summed E-state index contributed by atoms with van der Waals surface area (Å²) in [5.74, 6) is 3.25. The number of carbonyl (C=O) groups excluding carboxylic acids is 2. The van der Waals surface area contributed by atoms with Crippen LogP contribution in [0.2, 0.25) is 0 Å². The lowest BCUT2D eigenvalue weighted by Gasteiger charge is -2.28. The molecule has 1 aromatic carbocycles. The molecule has 1 aliphatic carbocycles. The molecule has 0 aliphatic heterocycles. The van der Waals surface area contributed by atoms with Crippen LogP contribution in [-0.4, -0.2) is 36.3 Å². The number of rotatable bonds is 15. The molecule has 2 atom stereocenters. The number of amides is 1. The Morgan fingerprint density at radius 2 is 1.86 bits per heavy atom. The maximum Gasteiger partial charge on any atom is 0.407 e. The maximum atomic E-state index is 13.2. The molecule has 0 saturated heterocycles. The van der Waals surface area contributed by atoms with E-state index in [1.807, 2.05) is 42.5 Å². The van der Waals surface area contributed by atoms with Gasteiger partial charge in [0.25, 0.3) is 0 Å². The summed E-state index contributed by atoms with van der Waals surface area (Å²) in [6, 6.07) is 13.2. The second-order valence-corrected chi connectivity index (χ2v) is 11.3. The lowest BCUT2D eigenvalue weighted by molar-refractivity contribution is -0.119. The molecule has 1 fully saturated rings. The topological polar surface area (TPSA) is 80.6 Å². The summed E-state index contributed by atoms with van der Waals surface area (Å²) in [6.45, 7) is 5.06. The van der Waals surface area contributed by atoms with Crippen molar-refractivity contribution in [2.24, 2.45) is 11.8 Å². The third-order valence-electron chi connectivity index (χ3n) is 6.65. The number of ketones is 1. The van der Waals surface area contributed by atoms with E-state index in [-0.39, 0.29) is 24.5 Å². The van der Waals surface area contributed by atoms with E-state index in [0.29, 0.717) is 29.9 Å². The first-order valence-corrected chi connectivity index (χ1v) is 14.5. The van der Waals surface area contributed by atoms with Crippen LogP contribution in [0.15, 0.2) is 53.1 Å². The van der Waals surface area contributed by atoms with E-state index in [4.69, 9.17) is 9.15 Å². The van der Waals surface area contributed by atoms with Gasteiger partial charge in [-0.05, 0) is 42.4 Å². The van der Waals surface area contributed by atoms with Gasteiger partial charge >= 0.3 is 6.09 Å². The zero-order valence-corrected chi connectivity index (χ0v) is 22.6. The van der Waals surface area contributed by atoms with Gasteiger partial charge in [-0.25, -0.2) is 4.79 Å². The molecule has 198 valence electrons. The molecule has 0 spiro atoms. The smallest absolute Gasteiger partial charge is 0.407 e. The Morgan fingerprint density at radius 1 is 1.08 bits per heavy atom. The van der Waals surface area contributed by atoms with Crippen LogP contribution in [-0.2, 0) is 21.9 Å². The summed E-state index contributed by atoms with van der Waals surface area (Å²) in [7, 11) is 0. The number of nitrogens with one attached hydrogen (secondary N) is 2. The first-order chi connectivity index (χ1) is 17.5. The summed E-state index contributed by atoms with van der Waals surface area (Å²) in [5.41, 5.74) is 0.955. The van der Waals surface area contributed by atoms with E-state index in [0.717, 1.165) is 24.2 Å². The molecule has 1 heterocycles. The highest BCUT2D eigenvalue weighted by Crippen LogP contribution is 2.28. The third kappa shape index (κ3) is 10.8. The molecule has 2 unspecified atom stereocenters. The average Bonchev–Trinajstić information content (AvgIpc) is 3.39. The van der Waals surface area contributed by atoms with Crippen molar-refractivity contribution in [3.63, 3.8) is 0 Å². The van der Waals surface area contributed by atoms with Gasteiger partial charge in [0.15, 0.2) is 5.78 Å². The van der Waals surface area contributed by atoms with Crippen molar-refractivity contribution in [1.82, 2.24) is 10.6 Å². The first kappa shape index (κ1) is 28.3. The number of benzene rings is 1. The highest BCUT2D eigenvalue weighted by atomic mass is 32.2. The fourth-order valence-corrected chi connectivity index (χ4v) is 5.68. The van der Waals surface area contributed by atoms with Crippen LogP contribution < -0.4 is 10.6 Å². The second-order valence-electron chi connectivity index (χ2n) is 10.3. The van der Waals surface area contributed by atoms with E-state index in [1.54, 1.807) is 18.0 Å². The minimum atomic E-state index is -0.421. The lowest BCUT2D eigenvalue weighted by Crippen LogP contribution is -2.48. The SMILES string of the molecule is CC(C)CC(CNC(CC1CCCCC1)C(=O)CSCc1ccco1)NC(=O)OCc1ccccc1. The molecule has 2 aromatic rings. The highest BCUT2D eigenvalue weighted by molar-refractivity contribution is 7.99. The fourth-order valence-electron chi connectivity index (χ4n) is 4.81. The molecular formula is C29H42N2O4S. The predicted molar refractivity (Wildman–Crippen MR) is 146 cm³/mol. The summed E-state index contributed by atoms with van der Waals surface area (Å²) >= 11 is 1.60. The Bertz CT molecular complexity index is 882. The zero-order valence-electron chi connectivity index (χ0n) is 21.7. The highest BCUT2D eigenvalue weighted by Gasteiger charge is 2.25. The summed E-state index contributed by atoms with van der Waals surface area (Å²) in [6.07, 6.45) is 9.13. The van der Waals surface area contributed by atoms with Crippen molar-refractivity contribution >= 4 is 23.6 Å². The number of carbonyl (C=O) groups is 2. The van der Waals surface area contributed by atoms with E-state index in [1.165, 1.54) is 32.1 Å². The Morgan fingerprint density at radius 3 is 2.56 bits per heavy atom. The number of Topliss-reactive ketones (excluding diaryl/α,β-unsaturated/α-hetero) is 1. The van der Waals surface area contributed by atoms with Crippen molar-refractivity contribution in [2.75, 3.05) is 12.3 Å². The molecule has 0 radical (unpaired) electrons. The summed E-state index contributed by atoms with van der Waals surface area (Å²) < 4.78 is 10.8. The van der Waals surface area contributed by atoms with E-state index >= 15 is 0 Å². The van der Waals surface area contributed by atoms with Gasteiger partial charge < -0.3 is 19.8 Å². The second kappa shape index (κ2) is 15.8. The lowest BCUT2D eigenvalue weighted by atomic mass is 9.84. The molecule has 2 N–H and O–H groups in total. The average molecular weight is 515 g/mol. The van der Waals surface area contributed by atoms with Crippen LogP contribution >= 0.6 is 11.8 Å². The Labute approximate surface area is 220 Å². The van der Waals surface area contributed by atoms with Crippen molar-refractivity contribution in [3.8, 4) is 0 Å². The molecule has 1 aromatic heterocycles. The van der Waals surface area contributed by atoms with Crippen molar-refractivity contribution in [1.29, 1.82) is 0 Å². The molecular weight excluding hydrogens is 472 g/mol. The van der Waals surface area contributed by atoms with Crippen LogP contribution in [0.1, 0.15) is 70.1 Å². The van der Waals surface area contributed by atoms with Crippen molar-refractivity contribution < 1.29 is 18.7 Å². The van der Waals surface area contributed by atoms with Gasteiger partial charge in [0.2, 0.25) is 0 Å². The molecule has 0 bridgehead atoms. The number of furan rings is 1. The minimum absolute atomic E-state index is 0.106. The van der Waals surface area contributed by atoms with Gasteiger partial charge in [-0.15, -0.1) is 11.8 Å². The van der Waals surface area contributed by atoms with E-state index in [9.17, 15) is 9.59 Å². The molecule has 1 saturated carbocycles. The van der Waals surface area contributed by atoms with Crippen LogP contribution in [0.25, 0.3) is 0 Å². The Hall–Kier alpha value is -2.25. The van der Waals surface area contributed by atoms with E-state index in [2.05, 4.69) is 24.5 Å². The number of thioether (sulfide) groups is 1. The Balaban J connectivity index is 1.53. The molecule has 3 rings (SSSR count). The van der Waals surface area contributed by atoms with Gasteiger partial charge in [0.05, 0.1) is 23.8 Å². The number of hydrogen-bond donors (Lipinski definition) is 2. The standard InChI is InChI=1S/C29H42N2O4S/c1-22(2)16-25(31-29(33)35-19-24-12-7-4-8-13-24)18-30-27(17-23-10-5-3-6-11-23)28(32)21-36-20-26-14-9-15-34-26/h4,7-9,12-15,22-23,25,27,30H,3,5-6,10-11,16-21H2,1-2H3,(H,31,33). The molecule has 1 aliphatic rings. The zero-order chi connectivity index (χ0) is 25.6. The first-order valence-electron chi connectivity index (χ1n) is 13.3. The van der Waals surface area contributed by atoms with Crippen LogP contribution in [0.5, 0.6) is 0 Å². The van der Waals surface area contributed by atoms with Crippen LogP contribution in [0.4, 0.5) is 4.79 Å². The largest absolute Gasteiger partial charge is 0.468 e. The molecule has 36 heavy (non-hydrogen) atoms. The normalized spacial score (nSPS) is 16.0. The van der Waals surface area contributed by atoms with Crippen LogP contribution in [0.3, 0.4) is 0 Å². The van der Waals surface area contributed by atoms with Gasteiger partial charge in [-0.3, -0.25) is 4.79 Å². The maximum absolute atomic E-state index is 13.2. The molecule has 1 amide bonds. The Kier molecular flexibility index (Phi) is 12.4.